The second kappa shape index (κ2) is 6.99. The van der Waals surface area contributed by atoms with E-state index in [-0.39, 0.29) is 6.03 Å². The van der Waals surface area contributed by atoms with E-state index in [1.165, 1.54) is 18.4 Å². The summed E-state index contributed by atoms with van der Waals surface area (Å²) in [4.78, 5) is 20.2. The van der Waals surface area contributed by atoms with Crippen molar-refractivity contribution in [1.29, 1.82) is 0 Å². The van der Waals surface area contributed by atoms with Crippen LogP contribution in [-0.2, 0) is 4.74 Å². The summed E-state index contributed by atoms with van der Waals surface area (Å²) >= 11 is 0. The summed E-state index contributed by atoms with van der Waals surface area (Å²) in [6.45, 7) is 5.84. The molecule has 0 spiro atoms. The predicted octanol–water partition coefficient (Wildman–Crippen LogP) is 2.01. The van der Waals surface area contributed by atoms with Gasteiger partial charge in [0.25, 0.3) is 0 Å². The Morgan fingerprint density at radius 2 is 1.81 bits per heavy atom. The third-order valence-corrected chi connectivity index (χ3v) is 7.06. The summed E-state index contributed by atoms with van der Waals surface area (Å²) in [6, 6.07) is 9.31. The number of carbonyl (C=O) groups excluding carboxylic acids is 1. The molecular formula is C21H29N3O3. The second-order valence-corrected chi connectivity index (χ2v) is 8.24. The van der Waals surface area contributed by atoms with E-state index in [4.69, 9.17) is 9.47 Å². The summed E-state index contributed by atoms with van der Waals surface area (Å²) < 4.78 is 11.1. The number of nitrogens with zero attached hydrogens (tertiary/aromatic N) is 3. The summed E-state index contributed by atoms with van der Waals surface area (Å²) in [5.41, 5.74) is 1.25. The van der Waals surface area contributed by atoms with Crippen LogP contribution in [0.1, 0.15) is 24.3 Å². The number of rotatable bonds is 2. The van der Waals surface area contributed by atoms with Crippen LogP contribution in [0.25, 0.3) is 0 Å². The maximum atomic E-state index is 13.4. The molecule has 5 fully saturated rings. The van der Waals surface area contributed by atoms with Gasteiger partial charge in [0.2, 0.25) is 0 Å². The maximum absolute atomic E-state index is 13.4. The van der Waals surface area contributed by atoms with E-state index in [0.29, 0.717) is 50.2 Å². The molecule has 0 aliphatic carbocycles. The third kappa shape index (κ3) is 2.81. The molecule has 5 saturated heterocycles. The zero-order valence-corrected chi connectivity index (χ0v) is 16.0. The van der Waals surface area contributed by atoms with Gasteiger partial charge in [-0.25, -0.2) is 4.79 Å². The molecule has 5 aliphatic rings. The lowest BCUT2D eigenvalue weighted by Crippen LogP contribution is -2.62. The fraction of sp³-hybridized carbons (Fsp3) is 0.667. The third-order valence-electron chi connectivity index (χ3n) is 7.06. The highest BCUT2D eigenvalue weighted by Gasteiger charge is 2.55. The molecule has 6 heteroatoms. The highest BCUT2D eigenvalue weighted by molar-refractivity contribution is 5.76. The van der Waals surface area contributed by atoms with Crippen LogP contribution in [0.3, 0.4) is 0 Å². The van der Waals surface area contributed by atoms with Gasteiger partial charge in [-0.1, -0.05) is 18.2 Å². The number of methoxy groups -OCH3 is 1. The topological polar surface area (TPSA) is 45.3 Å². The van der Waals surface area contributed by atoms with E-state index in [1.54, 1.807) is 7.11 Å². The number of ether oxygens (including phenoxy) is 2. The van der Waals surface area contributed by atoms with Crippen molar-refractivity contribution in [2.75, 3.05) is 53.0 Å². The number of morpholine rings is 1. The molecule has 0 unspecified atom stereocenters. The van der Waals surface area contributed by atoms with Crippen LogP contribution < -0.4 is 4.74 Å². The normalized spacial score (nSPS) is 35.2. The lowest BCUT2D eigenvalue weighted by Gasteiger charge is -2.51. The number of benzene rings is 1. The van der Waals surface area contributed by atoms with E-state index in [9.17, 15) is 4.79 Å². The Morgan fingerprint density at radius 1 is 1.07 bits per heavy atom. The number of amides is 2. The van der Waals surface area contributed by atoms with Gasteiger partial charge in [0.05, 0.1) is 26.4 Å². The molecule has 2 bridgehead atoms. The molecule has 146 valence electrons. The van der Waals surface area contributed by atoms with Crippen molar-refractivity contribution < 1.29 is 14.3 Å². The Balaban J connectivity index is 1.49. The quantitative estimate of drug-likeness (QED) is 0.798. The first-order valence-corrected chi connectivity index (χ1v) is 10.3. The van der Waals surface area contributed by atoms with Gasteiger partial charge < -0.3 is 19.3 Å². The number of carbonyl (C=O) groups is 1. The van der Waals surface area contributed by atoms with Gasteiger partial charge in [0, 0.05) is 37.2 Å². The van der Waals surface area contributed by atoms with Gasteiger partial charge in [-0.15, -0.1) is 0 Å². The second-order valence-electron chi connectivity index (χ2n) is 8.24. The number of piperidine rings is 3. The van der Waals surface area contributed by atoms with Crippen molar-refractivity contribution in [3.63, 3.8) is 0 Å². The number of urea groups is 1. The summed E-state index contributed by atoms with van der Waals surface area (Å²) in [6.07, 6.45) is 2.43. The van der Waals surface area contributed by atoms with E-state index in [1.807, 2.05) is 17.0 Å². The molecule has 2 amide bonds. The number of para-hydroxylation sites is 1. The number of likely N-dealkylation sites (tertiary alicyclic amines) is 1. The summed E-state index contributed by atoms with van der Waals surface area (Å²) in [7, 11) is 1.75. The highest BCUT2D eigenvalue weighted by atomic mass is 16.5. The first-order valence-electron chi connectivity index (χ1n) is 10.3. The lowest BCUT2D eigenvalue weighted by molar-refractivity contribution is -0.00730. The van der Waals surface area contributed by atoms with Crippen molar-refractivity contribution in [2.45, 2.75) is 30.8 Å². The maximum Gasteiger partial charge on any atom is 0.320 e. The Kier molecular flexibility index (Phi) is 4.48. The molecule has 5 heterocycles. The van der Waals surface area contributed by atoms with Crippen molar-refractivity contribution in [2.24, 2.45) is 5.92 Å². The molecule has 0 saturated carbocycles. The largest absolute Gasteiger partial charge is 0.496 e. The lowest BCUT2D eigenvalue weighted by atomic mass is 9.75. The minimum atomic E-state index is 0.208. The van der Waals surface area contributed by atoms with Gasteiger partial charge in [0.15, 0.2) is 0 Å². The van der Waals surface area contributed by atoms with Gasteiger partial charge in [-0.3, -0.25) is 4.90 Å². The molecule has 0 N–H and O–H groups in total. The molecule has 1 aromatic carbocycles. The Bertz CT molecular complexity index is 698. The van der Waals surface area contributed by atoms with Crippen LogP contribution in [-0.4, -0.2) is 85.9 Å². The van der Waals surface area contributed by atoms with Crippen molar-refractivity contribution in [3.8, 4) is 5.75 Å². The summed E-state index contributed by atoms with van der Waals surface area (Å²) in [5.74, 6) is 1.90. The zero-order valence-electron chi connectivity index (χ0n) is 16.0. The van der Waals surface area contributed by atoms with Crippen LogP contribution in [0.5, 0.6) is 5.75 Å². The van der Waals surface area contributed by atoms with Crippen LogP contribution in [0.2, 0.25) is 0 Å². The molecule has 0 aromatic heterocycles. The minimum absolute atomic E-state index is 0.208. The van der Waals surface area contributed by atoms with E-state index in [0.717, 1.165) is 25.4 Å². The average molecular weight is 371 g/mol. The Morgan fingerprint density at radius 3 is 2.56 bits per heavy atom. The van der Waals surface area contributed by atoms with Crippen molar-refractivity contribution in [3.05, 3.63) is 29.8 Å². The predicted molar refractivity (Wildman–Crippen MR) is 102 cm³/mol. The van der Waals surface area contributed by atoms with E-state index in [2.05, 4.69) is 21.9 Å². The number of hydrogen-bond acceptors (Lipinski definition) is 4. The molecule has 5 aliphatic heterocycles. The molecule has 3 atom stereocenters. The SMILES string of the molecule is COc1ccccc1[C@@H]1CN(C(=O)N2CCOCC2)[C@H]2C3CCN(CC3)[C@@H]12. The first-order chi connectivity index (χ1) is 13.3. The minimum Gasteiger partial charge on any atom is -0.496 e. The molecule has 27 heavy (non-hydrogen) atoms. The van der Waals surface area contributed by atoms with Crippen molar-refractivity contribution in [1.82, 2.24) is 14.7 Å². The van der Waals surface area contributed by atoms with Crippen LogP contribution in [0.4, 0.5) is 4.79 Å². The Hall–Kier alpha value is -1.79. The van der Waals surface area contributed by atoms with Gasteiger partial charge in [-0.05, 0) is 37.9 Å². The van der Waals surface area contributed by atoms with E-state index >= 15 is 0 Å². The number of fused-ring (bicyclic) bond motifs is 2. The molecule has 6 nitrogen and oxygen atoms in total. The zero-order chi connectivity index (χ0) is 18.4. The molecule has 0 radical (unpaired) electrons. The highest BCUT2D eigenvalue weighted by Crippen LogP contribution is 2.48. The standard InChI is InChI=1S/C21H29N3O3/c1-26-18-5-3-2-4-16(18)17-14-24(21(25)23-10-12-27-13-11-23)19-15-6-8-22(9-7-15)20(17)19/h2-5,15,17,19-20H,6-14H2,1H3/t17-,19-,20-/m0/s1. The molecule has 6 rings (SSSR count). The monoisotopic (exact) mass is 371 g/mol. The van der Waals surface area contributed by atoms with Gasteiger partial charge >= 0.3 is 6.03 Å². The molecule has 1 aromatic rings. The van der Waals surface area contributed by atoms with Gasteiger partial charge in [0.1, 0.15) is 5.75 Å². The fourth-order valence-electron chi connectivity index (χ4n) is 5.82. The molecular weight excluding hydrogens is 342 g/mol. The Labute approximate surface area is 161 Å². The van der Waals surface area contributed by atoms with Crippen molar-refractivity contribution >= 4 is 6.03 Å². The smallest absolute Gasteiger partial charge is 0.320 e. The van der Waals surface area contributed by atoms with Crippen LogP contribution >= 0.6 is 0 Å². The summed E-state index contributed by atoms with van der Waals surface area (Å²) in [5, 5.41) is 0. The van der Waals surface area contributed by atoms with Gasteiger partial charge in [-0.2, -0.15) is 0 Å². The van der Waals surface area contributed by atoms with E-state index < -0.39 is 0 Å². The van der Waals surface area contributed by atoms with Crippen LogP contribution in [0.15, 0.2) is 24.3 Å². The fourth-order valence-corrected chi connectivity index (χ4v) is 5.82. The average Bonchev–Trinajstić information content (AvgIpc) is 3.17. The number of hydrogen-bond donors (Lipinski definition) is 0. The first kappa shape index (κ1) is 17.3. The van der Waals surface area contributed by atoms with Crippen LogP contribution in [0, 0.1) is 5.92 Å².